The molecule has 2 heterocycles. The van der Waals surface area contributed by atoms with Crippen molar-refractivity contribution in [3.8, 4) is 5.69 Å². The quantitative estimate of drug-likeness (QED) is 0.748. The number of aromatic nitrogens is 3. The number of anilines is 1. The molecule has 0 radical (unpaired) electrons. The van der Waals surface area contributed by atoms with Crippen LogP contribution in [0.15, 0.2) is 34.9 Å². The van der Waals surface area contributed by atoms with E-state index < -0.39 is 0 Å². The van der Waals surface area contributed by atoms with E-state index in [9.17, 15) is 0 Å². The van der Waals surface area contributed by atoms with E-state index in [0.29, 0.717) is 5.95 Å². The molecule has 2 aromatic heterocycles. The van der Waals surface area contributed by atoms with Gasteiger partial charge in [0.05, 0.1) is 5.69 Å². The zero-order valence-corrected chi connectivity index (χ0v) is 12.3. The van der Waals surface area contributed by atoms with Crippen molar-refractivity contribution in [1.82, 2.24) is 14.5 Å². The molecular formula is C14H13BrN4. The van der Waals surface area contributed by atoms with Crippen molar-refractivity contribution in [2.75, 3.05) is 5.73 Å². The molecule has 0 unspecified atom stereocenters. The highest BCUT2D eigenvalue weighted by Gasteiger charge is 2.12. The fraction of sp³-hybridized carbons (Fsp3) is 0.143. The van der Waals surface area contributed by atoms with Gasteiger partial charge in [-0.1, -0.05) is 6.07 Å². The van der Waals surface area contributed by atoms with Crippen LogP contribution < -0.4 is 5.73 Å². The Kier molecular flexibility index (Phi) is 2.78. The molecule has 0 saturated carbocycles. The number of nitrogens with two attached hydrogens (primary N) is 1. The lowest BCUT2D eigenvalue weighted by Gasteiger charge is -2.08. The number of nitrogens with zero attached hydrogens (tertiary/aromatic N) is 3. The molecule has 3 rings (SSSR count). The maximum atomic E-state index is 6.02. The van der Waals surface area contributed by atoms with Crippen LogP contribution in [0.5, 0.6) is 0 Å². The highest BCUT2D eigenvalue weighted by Crippen LogP contribution is 2.24. The van der Waals surface area contributed by atoms with Gasteiger partial charge in [-0.25, -0.2) is 9.97 Å². The second-order valence-electron chi connectivity index (χ2n) is 4.57. The molecule has 1 aromatic carbocycles. The van der Waals surface area contributed by atoms with E-state index in [0.717, 1.165) is 21.3 Å². The van der Waals surface area contributed by atoms with Crippen molar-refractivity contribution in [3.63, 3.8) is 0 Å². The van der Waals surface area contributed by atoms with E-state index in [1.165, 1.54) is 11.1 Å². The number of hydrogen-bond donors (Lipinski definition) is 1. The lowest BCUT2D eigenvalue weighted by molar-refractivity contribution is 1.07. The van der Waals surface area contributed by atoms with Crippen LogP contribution in [-0.4, -0.2) is 14.5 Å². The number of pyridine rings is 1. The number of benzene rings is 1. The highest BCUT2D eigenvalue weighted by molar-refractivity contribution is 9.10. The van der Waals surface area contributed by atoms with E-state index in [1.54, 1.807) is 6.20 Å². The van der Waals surface area contributed by atoms with Gasteiger partial charge in [0.25, 0.3) is 0 Å². The lowest BCUT2D eigenvalue weighted by atomic mass is 10.1. The van der Waals surface area contributed by atoms with Crippen LogP contribution in [0.2, 0.25) is 0 Å². The van der Waals surface area contributed by atoms with Crippen LogP contribution in [0.25, 0.3) is 16.9 Å². The SMILES string of the molecule is Cc1ccc(-n2c(N)nc3cc(Br)cnc32)cc1C. The lowest BCUT2D eigenvalue weighted by Crippen LogP contribution is -2.02. The fourth-order valence-corrected chi connectivity index (χ4v) is 2.40. The first-order valence-electron chi connectivity index (χ1n) is 5.93. The first-order chi connectivity index (χ1) is 9.06. The summed E-state index contributed by atoms with van der Waals surface area (Å²) in [5.41, 5.74) is 11.0. The normalized spacial score (nSPS) is 11.1. The third kappa shape index (κ3) is 2.00. The summed E-state index contributed by atoms with van der Waals surface area (Å²) >= 11 is 3.39. The Morgan fingerprint density at radius 2 is 1.95 bits per heavy atom. The van der Waals surface area contributed by atoms with Gasteiger partial charge < -0.3 is 5.73 Å². The summed E-state index contributed by atoms with van der Waals surface area (Å²) < 4.78 is 2.76. The number of fused-ring (bicyclic) bond motifs is 1. The first kappa shape index (κ1) is 12.2. The number of halogens is 1. The molecule has 2 N–H and O–H groups in total. The molecule has 0 bridgehead atoms. The molecule has 0 amide bonds. The third-order valence-electron chi connectivity index (χ3n) is 3.24. The Hall–Kier alpha value is -1.88. The van der Waals surface area contributed by atoms with Crippen molar-refractivity contribution >= 4 is 33.0 Å². The number of aryl methyl sites for hydroxylation is 2. The second kappa shape index (κ2) is 4.35. The van der Waals surface area contributed by atoms with Gasteiger partial charge in [-0.05, 0) is 59.1 Å². The van der Waals surface area contributed by atoms with Crippen molar-refractivity contribution in [2.45, 2.75) is 13.8 Å². The van der Waals surface area contributed by atoms with Gasteiger partial charge in [-0.3, -0.25) is 4.57 Å². The minimum atomic E-state index is 0.448. The van der Waals surface area contributed by atoms with Gasteiger partial charge in [0, 0.05) is 10.7 Å². The number of rotatable bonds is 1. The van der Waals surface area contributed by atoms with Crippen LogP contribution in [0.1, 0.15) is 11.1 Å². The minimum absolute atomic E-state index is 0.448. The monoisotopic (exact) mass is 316 g/mol. The van der Waals surface area contributed by atoms with E-state index in [4.69, 9.17) is 5.73 Å². The second-order valence-corrected chi connectivity index (χ2v) is 5.49. The smallest absolute Gasteiger partial charge is 0.207 e. The molecule has 0 saturated heterocycles. The Morgan fingerprint density at radius 1 is 1.16 bits per heavy atom. The van der Waals surface area contributed by atoms with Crippen LogP contribution in [0.3, 0.4) is 0 Å². The standard InChI is InChI=1S/C14H13BrN4/c1-8-3-4-11(5-9(8)2)19-13-12(18-14(19)16)6-10(15)7-17-13/h3-7H,1-2H3,(H2,16,18). The topological polar surface area (TPSA) is 56.7 Å². The summed E-state index contributed by atoms with van der Waals surface area (Å²) in [4.78, 5) is 8.75. The maximum Gasteiger partial charge on any atom is 0.207 e. The molecule has 0 aliphatic rings. The average Bonchev–Trinajstić information content (AvgIpc) is 2.68. The molecule has 4 nitrogen and oxygen atoms in total. The average molecular weight is 317 g/mol. The van der Waals surface area contributed by atoms with Gasteiger partial charge in [-0.2, -0.15) is 0 Å². The molecule has 5 heteroatoms. The van der Waals surface area contributed by atoms with Gasteiger partial charge in [0.2, 0.25) is 5.95 Å². The number of hydrogen-bond acceptors (Lipinski definition) is 3. The molecule has 0 aliphatic heterocycles. The van der Waals surface area contributed by atoms with Crippen LogP contribution >= 0.6 is 15.9 Å². The Morgan fingerprint density at radius 3 is 2.68 bits per heavy atom. The van der Waals surface area contributed by atoms with Gasteiger partial charge in [0.15, 0.2) is 5.65 Å². The number of nitrogen functional groups attached to an aromatic ring is 1. The highest BCUT2D eigenvalue weighted by atomic mass is 79.9. The van der Waals surface area contributed by atoms with Gasteiger partial charge >= 0.3 is 0 Å². The van der Waals surface area contributed by atoms with Crippen LogP contribution in [-0.2, 0) is 0 Å². The molecule has 0 atom stereocenters. The summed E-state index contributed by atoms with van der Waals surface area (Å²) in [6.07, 6.45) is 1.75. The molecule has 0 spiro atoms. The maximum absolute atomic E-state index is 6.02. The minimum Gasteiger partial charge on any atom is -0.369 e. The summed E-state index contributed by atoms with van der Waals surface area (Å²) in [7, 11) is 0. The van der Waals surface area contributed by atoms with Gasteiger partial charge in [0.1, 0.15) is 5.52 Å². The summed E-state index contributed by atoms with van der Waals surface area (Å²) in [5.74, 6) is 0.448. The summed E-state index contributed by atoms with van der Waals surface area (Å²) in [6, 6.07) is 8.12. The van der Waals surface area contributed by atoms with E-state index >= 15 is 0 Å². The molecule has 0 aliphatic carbocycles. The molecule has 19 heavy (non-hydrogen) atoms. The Balaban J connectivity index is 2.29. The zero-order chi connectivity index (χ0) is 13.6. The molecule has 96 valence electrons. The van der Waals surface area contributed by atoms with Gasteiger partial charge in [-0.15, -0.1) is 0 Å². The Labute approximate surface area is 119 Å². The van der Waals surface area contributed by atoms with Crippen molar-refractivity contribution in [2.24, 2.45) is 0 Å². The fourth-order valence-electron chi connectivity index (χ4n) is 2.08. The predicted molar refractivity (Wildman–Crippen MR) is 80.5 cm³/mol. The third-order valence-corrected chi connectivity index (χ3v) is 3.67. The number of imidazole rings is 1. The zero-order valence-electron chi connectivity index (χ0n) is 10.7. The summed E-state index contributed by atoms with van der Waals surface area (Å²) in [6.45, 7) is 4.17. The van der Waals surface area contributed by atoms with Crippen molar-refractivity contribution < 1.29 is 0 Å². The first-order valence-corrected chi connectivity index (χ1v) is 6.72. The van der Waals surface area contributed by atoms with Crippen LogP contribution in [0.4, 0.5) is 5.95 Å². The molecular weight excluding hydrogens is 304 g/mol. The van der Waals surface area contributed by atoms with Crippen molar-refractivity contribution in [3.05, 3.63) is 46.1 Å². The Bertz CT molecular complexity index is 776. The van der Waals surface area contributed by atoms with E-state index in [1.807, 2.05) is 16.7 Å². The largest absolute Gasteiger partial charge is 0.369 e. The predicted octanol–water partition coefficient (Wildman–Crippen LogP) is 3.38. The van der Waals surface area contributed by atoms with Crippen molar-refractivity contribution in [1.29, 1.82) is 0 Å². The summed E-state index contributed by atoms with van der Waals surface area (Å²) in [5, 5.41) is 0. The van der Waals surface area contributed by atoms with Crippen LogP contribution in [0, 0.1) is 13.8 Å². The van der Waals surface area contributed by atoms with E-state index in [-0.39, 0.29) is 0 Å². The van der Waals surface area contributed by atoms with E-state index in [2.05, 4.69) is 51.9 Å². The molecule has 3 aromatic rings. The molecule has 0 fully saturated rings.